The number of amides is 1. The minimum absolute atomic E-state index is 0.145. The third kappa shape index (κ3) is 5.84. The largest absolute Gasteiger partial charge is 0.377 e. The molecule has 1 aromatic heterocycles. The first-order valence-corrected chi connectivity index (χ1v) is 12.0. The molecule has 2 N–H and O–H groups in total. The summed E-state index contributed by atoms with van der Waals surface area (Å²) < 4.78 is 1.94. The highest BCUT2D eigenvalue weighted by atomic mass is 35.5. The average Bonchev–Trinajstić information content (AvgIpc) is 3.24. The van der Waals surface area contributed by atoms with Gasteiger partial charge in [0, 0.05) is 28.2 Å². The lowest BCUT2D eigenvalue weighted by Gasteiger charge is -2.11. The van der Waals surface area contributed by atoms with Crippen LogP contribution in [0.2, 0.25) is 5.02 Å². The molecule has 172 valence electrons. The number of allylic oxidation sites excluding steroid dienone is 1. The van der Waals surface area contributed by atoms with E-state index >= 15 is 0 Å². The molecular formula is C25H23ClN6OS. The molecule has 0 aliphatic heterocycles. The van der Waals surface area contributed by atoms with E-state index in [1.54, 1.807) is 12.1 Å². The van der Waals surface area contributed by atoms with Gasteiger partial charge in [0.15, 0.2) is 11.0 Å². The Kier molecular flexibility index (Phi) is 7.95. The second-order valence-electron chi connectivity index (χ2n) is 7.28. The summed E-state index contributed by atoms with van der Waals surface area (Å²) in [6.07, 6.45) is 3.30. The van der Waals surface area contributed by atoms with Crippen LogP contribution in [-0.2, 0) is 17.9 Å². The molecule has 0 fully saturated rings. The molecule has 0 atom stereocenters. The Hall–Kier alpha value is -3.62. The quantitative estimate of drug-likeness (QED) is 0.139. The van der Waals surface area contributed by atoms with Crippen LogP contribution in [0.5, 0.6) is 0 Å². The lowest BCUT2D eigenvalue weighted by atomic mass is 10.1. The predicted octanol–water partition coefficient (Wildman–Crippen LogP) is 5.13. The van der Waals surface area contributed by atoms with Gasteiger partial charge < -0.3 is 9.88 Å². The molecule has 0 aliphatic carbocycles. The molecule has 3 aromatic carbocycles. The van der Waals surface area contributed by atoms with E-state index in [1.165, 1.54) is 23.4 Å². The maximum Gasteiger partial charge on any atom is 0.250 e. The Morgan fingerprint density at radius 1 is 1.09 bits per heavy atom. The lowest BCUT2D eigenvalue weighted by molar-refractivity contribution is -0.118. The molecule has 0 aliphatic rings. The summed E-state index contributed by atoms with van der Waals surface area (Å²) in [7, 11) is 0. The molecule has 4 aromatic rings. The van der Waals surface area contributed by atoms with Gasteiger partial charge >= 0.3 is 0 Å². The number of nitrogens with one attached hydrogen (secondary N) is 2. The van der Waals surface area contributed by atoms with Crippen LogP contribution in [0.1, 0.15) is 11.4 Å². The number of carbonyl (C=O) groups is 1. The molecular weight excluding hydrogens is 468 g/mol. The van der Waals surface area contributed by atoms with Crippen molar-refractivity contribution in [2.45, 2.75) is 18.2 Å². The minimum Gasteiger partial charge on any atom is -0.377 e. The molecule has 4 rings (SSSR count). The van der Waals surface area contributed by atoms with Gasteiger partial charge in [0.25, 0.3) is 5.91 Å². The molecule has 1 heterocycles. The SMILES string of the molecule is C=CCn1c(CNc2cccc3ccccc23)nnc1SCC(=O)N/N=C/c1ccccc1Cl. The van der Waals surface area contributed by atoms with Crippen LogP contribution in [-0.4, -0.2) is 32.6 Å². The molecule has 0 saturated carbocycles. The number of benzene rings is 3. The summed E-state index contributed by atoms with van der Waals surface area (Å²) in [6.45, 7) is 4.86. The summed E-state index contributed by atoms with van der Waals surface area (Å²) in [5, 5.41) is 19.5. The van der Waals surface area contributed by atoms with Gasteiger partial charge in [0.1, 0.15) is 0 Å². The van der Waals surface area contributed by atoms with Crippen molar-refractivity contribution < 1.29 is 4.79 Å². The molecule has 0 unspecified atom stereocenters. The van der Waals surface area contributed by atoms with Crippen LogP contribution in [0.4, 0.5) is 5.69 Å². The van der Waals surface area contributed by atoms with Crippen molar-refractivity contribution in [1.29, 1.82) is 0 Å². The zero-order valence-electron chi connectivity index (χ0n) is 18.3. The number of hydrogen-bond acceptors (Lipinski definition) is 6. The monoisotopic (exact) mass is 490 g/mol. The van der Waals surface area contributed by atoms with Crippen LogP contribution < -0.4 is 10.7 Å². The Balaban J connectivity index is 1.37. The highest BCUT2D eigenvalue weighted by molar-refractivity contribution is 7.99. The Labute approximate surface area is 206 Å². The second-order valence-corrected chi connectivity index (χ2v) is 8.63. The van der Waals surface area contributed by atoms with Gasteiger partial charge in [-0.15, -0.1) is 16.8 Å². The van der Waals surface area contributed by atoms with Crippen LogP contribution in [0.25, 0.3) is 10.8 Å². The molecule has 34 heavy (non-hydrogen) atoms. The summed E-state index contributed by atoms with van der Waals surface area (Å²) >= 11 is 7.38. The number of nitrogens with zero attached hydrogens (tertiary/aromatic N) is 4. The molecule has 9 heteroatoms. The first kappa shape index (κ1) is 23.5. The highest BCUT2D eigenvalue weighted by Crippen LogP contribution is 2.24. The zero-order valence-corrected chi connectivity index (χ0v) is 19.9. The van der Waals surface area contributed by atoms with E-state index in [2.05, 4.69) is 50.8 Å². The van der Waals surface area contributed by atoms with E-state index in [-0.39, 0.29) is 11.7 Å². The molecule has 0 radical (unpaired) electrons. The molecule has 1 amide bonds. The molecule has 0 spiro atoms. The number of hydrogen-bond donors (Lipinski definition) is 2. The fraction of sp³-hybridized carbons (Fsp3) is 0.120. The van der Waals surface area contributed by atoms with Gasteiger partial charge in [-0.05, 0) is 17.5 Å². The number of thioether (sulfide) groups is 1. The van der Waals surface area contributed by atoms with Crippen molar-refractivity contribution in [1.82, 2.24) is 20.2 Å². The fourth-order valence-electron chi connectivity index (χ4n) is 3.34. The normalized spacial score (nSPS) is 11.1. The number of rotatable bonds is 10. The zero-order chi connectivity index (χ0) is 23.8. The van der Waals surface area contributed by atoms with E-state index in [0.29, 0.717) is 23.3 Å². The maximum absolute atomic E-state index is 12.2. The third-order valence-corrected chi connectivity index (χ3v) is 6.27. The van der Waals surface area contributed by atoms with Crippen LogP contribution in [0.15, 0.2) is 89.6 Å². The van der Waals surface area contributed by atoms with E-state index in [1.807, 2.05) is 47.0 Å². The summed E-state index contributed by atoms with van der Waals surface area (Å²) in [5.41, 5.74) is 4.26. The van der Waals surface area contributed by atoms with Crippen molar-refractivity contribution in [2.24, 2.45) is 5.10 Å². The number of carbonyl (C=O) groups excluding carboxylic acids is 1. The summed E-state index contributed by atoms with van der Waals surface area (Å²) in [4.78, 5) is 12.2. The number of hydrazone groups is 1. The van der Waals surface area contributed by atoms with E-state index in [4.69, 9.17) is 11.6 Å². The van der Waals surface area contributed by atoms with Gasteiger partial charge in [-0.25, -0.2) is 5.43 Å². The summed E-state index contributed by atoms with van der Waals surface area (Å²) in [5.74, 6) is 0.649. The number of fused-ring (bicyclic) bond motifs is 1. The van der Waals surface area contributed by atoms with Gasteiger partial charge in [-0.2, -0.15) is 5.10 Å². The first-order chi connectivity index (χ1) is 16.7. The number of anilines is 1. The standard InChI is InChI=1S/C25H23ClN6OS/c1-2-14-32-23(16-27-22-13-7-10-18-8-3-5-11-20(18)22)29-31-25(32)34-17-24(33)30-28-15-19-9-4-6-12-21(19)26/h2-13,15,27H,1,14,16-17H2,(H,30,33)/b28-15+. The predicted molar refractivity (Wildman–Crippen MR) is 139 cm³/mol. The highest BCUT2D eigenvalue weighted by Gasteiger charge is 2.14. The van der Waals surface area contributed by atoms with E-state index in [0.717, 1.165) is 22.5 Å². The van der Waals surface area contributed by atoms with Crippen LogP contribution in [0, 0.1) is 0 Å². The van der Waals surface area contributed by atoms with Crippen molar-refractivity contribution in [2.75, 3.05) is 11.1 Å². The van der Waals surface area contributed by atoms with Crippen molar-refractivity contribution >= 4 is 51.9 Å². The molecule has 7 nitrogen and oxygen atoms in total. The Bertz CT molecular complexity index is 1330. The molecule has 0 bridgehead atoms. The van der Waals surface area contributed by atoms with Crippen LogP contribution in [0.3, 0.4) is 0 Å². The summed E-state index contributed by atoms with van der Waals surface area (Å²) in [6, 6.07) is 21.6. The third-order valence-electron chi connectivity index (χ3n) is 4.96. The van der Waals surface area contributed by atoms with Gasteiger partial charge in [-0.3, -0.25) is 4.79 Å². The van der Waals surface area contributed by atoms with Crippen molar-refractivity contribution in [3.63, 3.8) is 0 Å². The number of aromatic nitrogens is 3. The minimum atomic E-state index is -0.253. The van der Waals surface area contributed by atoms with Crippen molar-refractivity contribution in [3.8, 4) is 0 Å². The maximum atomic E-state index is 12.2. The lowest BCUT2D eigenvalue weighted by Crippen LogP contribution is -2.20. The molecule has 0 saturated heterocycles. The van der Waals surface area contributed by atoms with Gasteiger partial charge in [-0.1, -0.05) is 84.0 Å². The first-order valence-electron chi connectivity index (χ1n) is 10.6. The van der Waals surface area contributed by atoms with E-state index < -0.39 is 0 Å². The number of halogens is 1. The second kappa shape index (κ2) is 11.5. The Morgan fingerprint density at radius 2 is 1.88 bits per heavy atom. The Morgan fingerprint density at radius 3 is 2.74 bits per heavy atom. The average molecular weight is 491 g/mol. The van der Waals surface area contributed by atoms with Crippen LogP contribution >= 0.6 is 23.4 Å². The topological polar surface area (TPSA) is 84.2 Å². The fourth-order valence-corrected chi connectivity index (χ4v) is 4.28. The van der Waals surface area contributed by atoms with Gasteiger partial charge in [0.05, 0.1) is 18.5 Å². The van der Waals surface area contributed by atoms with Gasteiger partial charge in [0.2, 0.25) is 0 Å². The smallest absolute Gasteiger partial charge is 0.250 e. The van der Waals surface area contributed by atoms with Crippen molar-refractivity contribution in [3.05, 3.63) is 95.8 Å². The van der Waals surface area contributed by atoms with E-state index in [9.17, 15) is 4.79 Å².